The lowest BCUT2D eigenvalue weighted by molar-refractivity contribution is -0.385. The van der Waals surface area contributed by atoms with Gasteiger partial charge >= 0.3 is 6.18 Å². The summed E-state index contributed by atoms with van der Waals surface area (Å²) in [6.07, 6.45) is -4.60. The summed E-state index contributed by atoms with van der Waals surface area (Å²) in [6.45, 7) is 0. The number of carbonyl (C=O) groups excluding carboxylic acids is 1. The second-order valence-electron chi connectivity index (χ2n) is 4.55. The zero-order chi connectivity index (χ0) is 18.1. The van der Waals surface area contributed by atoms with E-state index in [9.17, 15) is 28.1 Å². The number of nitrogens with zero attached hydrogens (tertiary/aromatic N) is 1. The average Bonchev–Trinajstić information content (AvgIpc) is 2.48. The fourth-order valence-electron chi connectivity index (χ4n) is 1.82. The molecule has 0 saturated carbocycles. The average molecular weight is 361 g/mol. The third-order valence-corrected chi connectivity index (χ3v) is 3.23. The Bertz CT molecular complexity index is 824. The molecule has 0 atom stereocenters. The third-order valence-electron chi connectivity index (χ3n) is 2.92. The van der Waals surface area contributed by atoms with Crippen molar-refractivity contribution in [2.45, 2.75) is 6.18 Å². The van der Waals surface area contributed by atoms with Gasteiger partial charge in [0.1, 0.15) is 17.1 Å². The Morgan fingerprint density at radius 3 is 2.42 bits per heavy atom. The Labute approximate surface area is 137 Å². The van der Waals surface area contributed by atoms with E-state index in [-0.39, 0.29) is 16.5 Å². The maximum Gasteiger partial charge on any atom is 0.416 e. The summed E-state index contributed by atoms with van der Waals surface area (Å²) in [5, 5.41) is 10.7. The maximum absolute atomic E-state index is 12.7. The molecule has 0 bridgehead atoms. The predicted molar refractivity (Wildman–Crippen MR) is 78.1 cm³/mol. The summed E-state index contributed by atoms with van der Waals surface area (Å²) in [5.41, 5.74) is 3.07. The Kier molecular flexibility index (Phi) is 4.65. The highest BCUT2D eigenvalue weighted by Gasteiger charge is 2.31. The molecule has 1 amide bonds. The van der Waals surface area contributed by atoms with E-state index < -0.39 is 33.8 Å². The SMILES string of the molecule is NC(=O)c1cc(Oc2cc(C(F)(F)F)ccc2Cl)ccc1[N+](=O)[O-]. The van der Waals surface area contributed by atoms with Crippen molar-refractivity contribution in [3.63, 3.8) is 0 Å². The molecule has 0 aliphatic rings. The summed E-state index contributed by atoms with van der Waals surface area (Å²) in [5.74, 6) is -1.53. The Hall–Kier alpha value is -2.81. The Morgan fingerprint density at radius 1 is 1.21 bits per heavy atom. The largest absolute Gasteiger partial charge is 0.456 e. The van der Waals surface area contributed by atoms with Crippen LogP contribution in [0.4, 0.5) is 18.9 Å². The monoisotopic (exact) mass is 360 g/mol. The number of benzene rings is 2. The molecule has 0 spiro atoms. The molecule has 0 aliphatic heterocycles. The first kappa shape index (κ1) is 17.5. The Balaban J connectivity index is 2.43. The summed E-state index contributed by atoms with van der Waals surface area (Å²) in [7, 11) is 0. The smallest absolute Gasteiger partial charge is 0.416 e. The highest BCUT2D eigenvalue weighted by Crippen LogP contribution is 2.37. The summed E-state index contributed by atoms with van der Waals surface area (Å²) in [6, 6.07) is 5.48. The molecule has 0 saturated heterocycles. The van der Waals surface area contributed by atoms with Crippen molar-refractivity contribution in [1.82, 2.24) is 0 Å². The number of ether oxygens (including phenoxy) is 1. The number of nitro groups is 1. The van der Waals surface area contributed by atoms with E-state index in [0.717, 1.165) is 30.3 Å². The predicted octanol–water partition coefficient (Wildman–Crippen LogP) is 4.16. The summed E-state index contributed by atoms with van der Waals surface area (Å²) < 4.78 is 43.4. The molecule has 0 heterocycles. The number of amides is 1. The first-order chi connectivity index (χ1) is 11.1. The van der Waals surface area contributed by atoms with Crippen molar-refractivity contribution in [2.75, 3.05) is 0 Å². The van der Waals surface area contributed by atoms with Gasteiger partial charge in [-0.25, -0.2) is 0 Å². The van der Waals surface area contributed by atoms with E-state index in [4.69, 9.17) is 22.1 Å². The fourth-order valence-corrected chi connectivity index (χ4v) is 1.98. The second kappa shape index (κ2) is 6.36. The lowest BCUT2D eigenvalue weighted by Crippen LogP contribution is -2.13. The van der Waals surface area contributed by atoms with Gasteiger partial charge in [-0.05, 0) is 24.3 Å². The number of primary amides is 1. The molecule has 0 radical (unpaired) electrons. The molecule has 2 aromatic carbocycles. The normalized spacial score (nSPS) is 11.2. The van der Waals surface area contributed by atoms with Gasteiger partial charge in [-0.3, -0.25) is 14.9 Å². The number of nitrogens with two attached hydrogens (primary N) is 1. The van der Waals surface area contributed by atoms with Crippen LogP contribution in [-0.4, -0.2) is 10.8 Å². The van der Waals surface area contributed by atoms with E-state index >= 15 is 0 Å². The van der Waals surface area contributed by atoms with E-state index in [1.807, 2.05) is 0 Å². The minimum atomic E-state index is -4.60. The molecule has 0 fully saturated rings. The molecule has 126 valence electrons. The van der Waals surface area contributed by atoms with Gasteiger partial charge in [0.25, 0.3) is 11.6 Å². The van der Waals surface area contributed by atoms with Crippen LogP contribution < -0.4 is 10.5 Å². The number of rotatable bonds is 4. The second-order valence-corrected chi connectivity index (χ2v) is 4.95. The molecule has 0 aliphatic carbocycles. The molecule has 10 heteroatoms. The molecule has 24 heavy (non-hydrogen) atoms. The molecule has 0 unspecified atom stereocenters. The number of hydrogen-bond acceptors (Lipinski definition) is 4. The van der Waals surface area contributed by atoms with Gasteiger partial charge in [0.2, 0.25) is 0 Å². The first-order valence-electron chi connectivity index (χ1n) is 6.22. The van der Waals surface area contributed by atoms with Gasteiger partial charge in [0.05, 0.1) is 15.5 Å². The molecule has 2 rings (SSSR count). The van der Waals surface area contributed by atoms with Crippen LogP contribution in [-0.2, 0) is 6.18 Å². The maximum atomic E-state index is 12.7. The quantitative estimate of drug-likeness (QED) is 0.654. The minimum absolute atomic E-state index is 0.109. The molecule has 2 aromatic rings. The topological polar surface area (TPSA) is 95.5 Å². The molecule has 0 aromatic heterocycles. The molecule has 2 N–H and O–H groups in total. The van der Waals surface area contributed by atoms with Crippen LogP contribution in [0.1, 0.15) is 15.9 Å². The highest BCUT2D eigenvalue weighted by molar-refractivity contribution is 6.32. The van der Waals surface area contributed by atoms with Crippen LogP contribution in [0.5, 0.6) is 11.5 Å². The van der Waals surface area contributed by atoms with E-state index in [2.05, 4.69) is 0 Å². The van der Waals surface area contributed by atoms with Crippen molar-refractivity contribution in [1.29, 1.82) is 0 Å². The van der Waals surface area contributed by atoms with Crippen LogP contribution in [0.15, 0.2) is 36.4 Å². The van der Waals surface area contributed by atoms with Crippen LogP contribution in [0.25, 0.3) is 0 Å². The zero-order valence-corrected chi connectivity index (χ0v) is 12.4. The van der Waals surface area contributed by atoms with Crippen LogP contribution in [0.3, 0.4) is 0 Å². The van der Waals surface area contributed by atoms with Crippen molar-refractivity contribution in [2.24, 2.45) is 5.73 Å². The van der Waals surface area contributed by atoms with Gasteiger partial charge < -0.3 is 10.5 Å². The van der Waals surface area contributed by atoms with E-state index in [1.165, 1.54) is 0 Å². The Morgan fingerprint density at radius 2 is 1.88 bits per heavy atom. The van der Waals surface area contributed by atoms with E-state index in [1.54, 1.807) is 0 Å². The number of nitro benzene ring substituents is 1. The van der Waals surface area contributed by atoms with Gasteiger partial charge in [-0.1, -0.05) is 11.6 Å². The first-order valence-corrected chi connectivity index (χ1v) is 6.60. The van der Waals surface area contributed by atoms with Crippen LogP contribution >= 0.6 is 11.6 Å². The van der Waals surface area contributed by atoms with Crippen molar-refractivity contribution in [3.8, 4) is 11.5 Å². The molecular weight excluding hydrogens is 353 g/mol. The van der Waals surface area contributed by atoms with Crippen molar-refractivity contribution < 1.29 is 27.6 Å². The van der Waals surface area contributed by atoms with Crippen molar-refractivity contribution in [3.05, 3.63) is 62.7 Å². The van der Waals surface area contributed by atoms with Crippen molar-refractivity contribution >= 4 is 23.2 Å². The molecule has 6 nitrogen and oxygen atoms in total. The lowest BCUT2D eigenvalue weighted by atomic mass is 10.1. The summed E-state index contributed by atoms with van der Waals surface area (Å²) in [4.78, 5) is 21.3. The third kappa shape index (κ3) is 3.74. The zero-order valence-electron chi connectivity index (χ0n) is 11.6. The van der Waals surface area contributed by atoms with Gasteiger partial charge in [-0.15, -0.1) is 0 Å². The fraction of sp³-hybridized carbons (Fsp3) is 0.0714. The highest BCUT2D eigenvalue weighted by atomic mass is 35.5. The van der Waals surface area contributed by atoms with Gasteiger partial charge in [0, 0.05) is 12.1 Å². The molecular formula is C14H8ClF3N2O4. The van der Waals surface area contributed by atoms with Crippen LogP contribution in [0.2, 0.25) is 5.02 Å². The number of halogens is 4. The van der Waals surface area contributed by atoms with Gasteiger partial charge in [-0.2, -0.15) is 13.2 Å². The number of carbonyl (C=O) groups is 1. The van der Waals surface area contributed by atoms with E-state index in [0.29, 0.717) is 6.07 Å². The standard InChI is InChI=1S/C14H8ClF3N2O4/c15-10-3-1-7(14(16,17)18)5-12(10)24-8-2-4-11(20(22)23)9(6-8)13(19)21/h1-6H,(H2,19,21). The lowest BCUT2D eigenvalue weighted by Gasteiger charge is -2.12. The number of alkyl halides is 3. The van der Waals surface area contributed by atoms with Gasteiger partial charge in [0.15, 0.2) is 0 Å². The van der Waals surface area contributed by atoms with Crippen LogP contribution in [0, 0.1) is 10.1 Å². The number of hydrogen-bond donors (Lipinski definition) is 1. The summed E-state index contributed by atoms with van der Waals surface area (Å²) >= 11 is 5.79. The minimum Gasteiger partial charge on any atom is -0.456 e.